The van der Waals surface area contributed by atoms with Crippen molar-refractivity contribution < 1.29 is 37.3 Å². The Balaban J connectivity index is 5.07. The van der Waals surface area contributed by atoms with E-state index in [0.717, 1.165) is 89.9 Å². The number of likely N-dealkylation sites (N-methyl/N-ethyl adjacent to an activating group) is 1. The van der Waals surface area contributed by atoms with E-state index in [2.05, 4.69) is 86.8 Å². The number of phosphoric ester groups is 1. The van der Waals surface area contributed by atoms with Crippen LogP contribution in [0.5, 0.6) is 0 Å². The van der Waals surface area contributed by atoms with Gasteiger partial charge >= 0.3 is 13.8 Å². The molecule has 0 heterocycles. The summed E-state index contributed by atoms with van der Waals surface area (Å²) in [6.45, 7) is 6.98. The summed E-state index contributed by atoms with van der Waals surface area (Å²) >= 11 is 0. The average molecular weight is 1180 g/mol. The molecule has 0 aromatic heterocycles. The number of nitrogens with one attached hydrogen (secondary N) is 1. The van der Waals surface area contributed by atoms with Crippen LogP contribution in [0.2, 0.25) is 0 Å². The molecular formula is C73H136N2O7P+. The number of unbranched alkanes of at least 4 members (excludes halogenated alkanes) is 38. The third-order valence-electron chi connectivity index (χ3n) is 15.6. The van der Waals surface area contributed by atoms with E-state index < -0.39 is 20.0 Å². The molecule has 2 N–H and O–H groups in total. The summed E-state index contributed by atoms with van der Waals surface area (Å²) in [4.78, 5) is 37.9. The van der Waals surface area contributed by atoms with E-state index in [1.54, 1.807) is 0 Å². The first-order valence-corrected chi connectivity index (χ1v) is 36.8. The minimum Gasteiger partial charge on any atom is -0.456 e. The van der Waals surface area contributed by atoms with Crippen LogP contribution in [-0.4, -0.2) is 74.3 Å². The average Bonchev–Trinajstić information content (AvgIpc) is 3.46. The third kappa shape index (κ3) is 63.8. The molecular weight excluding hydrogens is 1050 g/mol. The first kappa shape index (κ1) is 80.5. The SMILES string of the molecule is CCCCC/C=C\C/C=C\C/C=C\CCCCCCC(=O)NC(COP(=O)(O)OCC[N+](C)(C)C)C(/C=C\CCCCCCCCCCCCC)OC(=O)CCCCCCCCCCCCCCCCCCC/C=C\C/C=C\CCCCC. The second-order valence-corrected chi connectivity index (χ2v) is 26.5. The maximum Gasteiger partial charge on any atom is 0.472 e. The van der Waals surface area contributed by atoms with Gasteiger partial charge in [-0.1, -0.05) is 287 Å². The molecule has 0 spiro atoms. The van der Waals surface area contributed by atoms with Gasteiger partial charge in [0, 0.05) is 12.8 Å². The van der Waals surface area contributed by atoms with Crippen molar-refractivity contribution in [2.24, 2.45) is 0 Å². The monoisotopic (exact) mass is 1180 g/mol. The smallest absolute Gasteiger partial charge is 0.456 e. The first-order valence-electron chi connectivity index (χ1n) is 35.3. The number of esters is 1. The van der Waals surface area contributed by atoms with Crippen LogP contribution >= 0.6 is 7.82 Å². The van der Waals surface area contributed by atoms with Crippen LogP contribution < -0.4 is 5.32 Å². The van der Waals surface area contributed by atoms with E-state index in [1.165, 1.54) is 205 Å². The molecule has 3 unspecified atom stereocenters. The van der Waals surface area contributed by atoms with Gasteiger partial charge in [0.05, 0.1) is 33.8 Å². The number of rotatable bonds is 64. The standard InChI is InChI=1S/C73H135N2O7P/c1-7-10-13-16-19-22-25-28-30-32-33-34-35-36-37-38-39-40-41-43-45-48-51-54-57-60-63-66-73(77)82-71(64-61-58-55-52-49-46-27-24-21-18-15-12-9-3)70(69-81-83(78,79)80-68-67-75(4,5)6)74-72(76)65-62-59-56-53-50-47-44-42-31-29-26-23-20-17-14-11-8-2/h19-20,22-23,28-31,44,47,61,64,70-71H,7-18,21,24-27,32-43,45-46,48-60,62-63,65-69H2,1-6H3,(H-,74,76,78,79)/p+1/b22-19-,23-20-,30-28-,31-29-,47-44-,64-61-. The lowest BCUT2D eigenvalue weighted by Crippen LogP contribution is -2.47. The van der Waals surface area contributed by atoms with Crippen molar-refractivity contribution in [1.82, 2.24) is 5.32 Å². The Morgan fingerprint density at radius 3 is 1.12 bits per heavy atom. The molecule has 0 aliphatic heterocycles. The molecule has 0 fully saturated rings. The number of nitrogens with zero attached hydrogens (tertiary/aromatic N) is 1. The zero-order chi connectivity index (χ0) is 60.7. The van der Waals surface area contributed by atoms with Gasteiger partial charge in [0.15, 0.2) is 0 Å². The van der Waals surface area contributed by atoms with Crippen molar-refractivity contribution in [3.05, 3.63) is 72.9 Å². The Hall–Kier alpha value is -2.55. The molecule has 0 aromatic carbocycles. The zero-order valence-electron chi connectivity index (χ0n) is 55.4. The summed E-state index contributed by atoms with van der Waals surface area (Å²) in [6, 6.07) is -0.862. The van der Waals surface area contributed by atoms with Gasteiger partial charge in [0.2, 0.25) is 5.91 Å². The fourth-order valence-electron chi connectivity index (χ4n) is 10.2. The number of hydrogen-bond donors (Lipinski definition) is 2. The molecule has 0 aliphatic carbocycles. The minimum absolute atomic E-state index is 0.0348. The van der Waals surface area contributed by atoms with Gasteiger partial charge in [0.1, 0.15) is 19.3 Å². The second-order valence-electron chi connectivity index (χ2n) is 25.0. The normalized spacial score (nSPS) is 14.0. The van der Waals surface area contributed by atoms with Crippen LogP contribution in [-0.2, 0) is 27.9 Å². The highest BCUT2D eigenvalue weighted by molar-refractivity contribution is 7.47. The van der Waals surface area contributed by atoms with Crippen LogP contribution in [0.15, 0.2) is 72.9 Å². The highest BCUT2D eigenvalue weighted by Crippen LogP contribution is 2.43. The summed E-state index contributed by atoms with van der Waals surface area (Å²) in [5, 5.41) is 3.06. The topological polar surface area (TPSA) is 111 Å². The Labute approximate surface area is 514 Å². The summed E-state index contributed by atoms with van der Waals surface area (Å²) in [5.41, 5.74) is 0. The van der Waals surface area contributed by atoms with Gasteiger partial charge in [-0.15, -0.1) is 0 Å². The molecule has 0 radical (unpaired) electrons. The van der Waals surface area contributed by atoms with E-state index in [4.69, 9.17) is 13.8 Å². The molecule has 9 nitrogen and oxygen atoms in total. The quantitative estimate of drug-likeness (QED) is 0.0205. The Bertz CT molecular complexity index is 1650. The number of allylic oxidation sites excluding steroid dienone is 11. The lowest BCUT2D eigenvalue weighted by atomic mass is 10.0. The summed E-state index contributed by atoms with van der Waals surface area (Å²) < 4.78 is 30.8. The number of phosphoric acid groups is 1. The third-order valence-corrected chi connectivity index (χ3v) is 16.6. The van der Waals surface area contributed by atoms with Gasteiger partial charge in [-0.25, -0.2) is 4.57 Å². The van der Waals surface area contributed by atoms with E-state index in [0.29, 0.717) is 17.4 Å². The van der Waals surface area contributed by atoms with Crippen molar-refractivity contribution in [2.75, 3.05) is 40.9 Å². The predicted octanol–water partition coefficient (Wildman–Crippen LogP) is 22.3. The molecule has 0 aliphatic rings. The Kier molecular flexibility index (Phi) is 60.6. The number of ether oxygens (including phenoxy) is 1. The number of amides is 1. The second kappa shape index (κ2) is 62.5. The van der Waals surface area contributed by atoms with E-state index >= 15 is 0 Å². The van der Waals surface area contributed by atoms with Gasteiger partial charge in [-0.3, -0.25) is 18.6 Å². The van der Waals surface area contributed by atoms with Crippen LogP contribution in [0, 0.1) is 0 Å². The van der Waals surface area contributed by atoms with Crippen LogP contribution in [0.1, 0.15) is 329 Å². The van der Waals surface area contributed by atoms with Crippen molar-refractivity contribution in [3.8, 4) is 0 Å². The molecule has 3 atom stereocenters. The fraction of sp³-hybridized carbons (Fsp3) is 0.808. The molecule has 10 heteroatoms. The number of hydrogen-bond acceptors (Lipinski definition) is 6. The lowest BCUT2D eigenvalue weighted by Gasteiger charge is -2.27. The number of carbonyl (C=O) groups excluding carboxylic acids is 2. The first-order chi connectivity index (χ1) is 40.4. The molecule has 1 amide bonds. The highest BCUT2D eigenvalue weighted by atomic mass is 31.2. The van der Waals surface area contributed by atoms with Crippen molar-refractivity contribution in [3.63, 3.8) is 0 Å². The highest BCUT2D eigenvalue weighted by Gasteiger charge is 2.30. The van der Waals surface area contributed by atoms with Crippen molar-refractivity contribution in [1.29, 1.82) is 0 Å². The Morgan fingerprint density at radius 1 is 0.422 bits per heavy atom. The zero-order valence-corrected chi connectivity index (χ0v) is 56.3. The molecule has 0 saturated carbocycles. The molecule has 484 valence electrons. The number of carbonyl (C=O) groups is 2. The lowest BCUT2D eigenvalue weighted by molar-refractivity contribution is -0.870. The molecule has 0 rings (SSSR count). The fourth-order valence-corrected chi connectivity index (χ4v) is 10.9. The van der Waals surface area contributed by atoms with Crippen LogP contribution in [0.3, 0.4) is 0 Å². The van der Waals surface area contributed by atoms with Gasteiger partial charge in [-0.05, 0) is 102 Å². The summed E-state index contributed by atoms with van der Waals surface area (Å²) in [7, 11) is 1.48. The summed E-state index contributed by atoms with van der Waals surface area (Å²) in [5.74, 6) is -0.520. The summed E-state index contributed by atoms with van der Waals surface area (Å²) in [6.07, 6.45) is 82.0. The van der Waals surface area contributed by atoms with Gasteiger partial charge in [-0.2, -0.15) is 0 Å². The molecule has 83 heavy (non-hydrogen) atoms. The maximum atomic E-state index is 13.6. The van der Waals surface area contributed by atoms with Crippen molar-refractivity contribution in [2.45, 2.75) is 341 Å². The molecule has 0 bridgehead atoms. The van der Waals surface area contributed by atoms with Crippen LogP contribution in [0.4, 0.5) is 0 Å². The van der Waals surface area contributed by atoms with Gasteiger partial charge in [0.25, 0.3) is 0 Å². The predicted molar refractivity (Wildman–Crippen MR) is 360 cm³/mol. The minimum atomic E-state index is -4.46. The number of quaternary nitrogens is 1. The van der Waals surface area contributed by atoms with Crippen LogP contribution in [0.25, 0.3) is 0 Å². The largest absolute Gasteiger partial charge is 0.472 e. The van der Waals surface area contributed by atoms with E-state index in [1.807, 2.05) is 33.3 Å². The van der Waals surface area contributed by atoms with Crippen molar-refractivity contribution >= 4 is 19.7 Å². The van der Waals surface area contributed by atoms with E-state index in [-0.39, 0.29) is 31.5 Å². The Morgan fingerprint density at radius 2 is 0.735 bits per heavy atom. The maximum absolute atomic E-state index is 13.6. The molecule has 0 saturated heterocycles. The van der Waals surface area contributed by atoms with E-state index in [9.17, 15) is 19.0 Å². The van der Waals surface area contributed by atoms with Gasteiger partial charge < -0.3 is 19.4 Å². The molecule has 0 aromatic rings.